The SMILES string of the molecule is O=C(Nc1nnc(-c2ccccc2Cl)s1)c1ccc(COc2ccc(F)cc2)o1. The van der Waals surface area contributed by atoms with Crippen LogP contribution in [0.25, 0.3) is 10.6 Å². The lowest BCUT2D eigenvalue weighted by molar-refractivity contribution is 0.0992. The van der Waals surface area contributed by atoms with Crippen molar-refractivity contribution in [3.63, 3.8) is 0 Å². The standard InChI is InChI=1S/C20H13ClFN3O3S/c21-16-4-2-1-3-15(16)19-24-25-20(29-19)23-18(26)17-10-9-14(28-17)11-27-13-7-5-12(22)6-8-13/h1-10H,11H2,(H,23,25,26). The Bertz CT molecular complexity index is 1140. The van der Waals surface area contributed by atoms with Gasteiger partial charge in [-0.05, 0) is 42.5 Å². The Morgan fingerprint density at radius 3 is 2.69 bits per heavy atom. The number of hydrogen-bond donors (Lipinski definition) is 1. The molecular formula is C20H13ClFN3O3S. The lowest BCUT2D eigenvalue weighted by atomic mass is 10.2. The highest BCUT2D eigenvalue weighted by Gasteiger charge is 2.16. The van der Waals surface area contributed by atoms with Gasteiger partial charge in [0.15, 0.2) is 10.8 Å². The fraction of sp³-hybridized carbons (Fsp3) is 0.0500. The Balaban J connectivity index is 1.38. The Kier molecular flexibility index (Phi) is 5.55. The number of halogens is 2. The van der Waals surface area contributed by atoms with Crippen LogP contribution in [0.1, 0.15) is 16.3 Å². The molecule has 0 aliphatic rings. The van der Waals surface area contributed by atoms with E-state index in [1.807, 2.05) is 18.2 Å². The second kappa shape index (κ2) is 8.42. The van der Waals surface area contributed by atoms with Crippen LogP contribution in [0.15, 0.2) is 65.1 Å². The van der Waals surface area contributed by atoms with Crippen molar-refractivity contribution in [2.45, 2.75) is 6.61 Å². The summed E-state index contributed by atoms with van der Waals surface area (Å²) in [6, 6.07) is 16.1. The fourth-order valence-electron chi connectivity index (χ4n) is 2.44. The summed E-state index contributed by atoms with van der Waals surface area (Å²) in [5, 5.41) is 12.2. The van der Waals surface area contributed by atoms with Crippen molar-refractivity contribution in [2.75, 3.05) is 5.32 Å². The van der Waals surface area contributed by atoms with Crippen molar-refractivity contribution < 1.29 is 18.3 Å². The predicted molar refractivity (Wildman–Crippen MR) is 108 cm³/mol. The average molecular weight is 430 g/mol. The van der Waals surface area contributed by atoms with Crippen LogP contribution in [0.4, 0.5) is 9.52 Å². The Labute approximate surface area is 173 Å². The molecule has 0 atom stereocenters. The lowest BCUT2D eigenvalue weighted by Gasteiger charge is -2.03. The third kappa shape index (κ3) is 4.61. The van der Waals surface area contributed by atoms with Gasteiger partial charge in [-0.2, -0.15) is 0 Å². The number of nitrogens with zero attached hydrogens (tertiary/aromatic N) is 2. The van der Waals surface area contributed by atoms with Crippen LogP contribution in [0.3, 0.4) is 0 Å². The topological polar surface area (TPSA) is 77.2 Å². The van der Waals surface area contributed by atoms with Crippen molar-refractivity contribution in [2.24, 2.45) is 0 Å². The molecule has 4 aromatic rings. The fourth-order valence-corrected chi connectivity index (χ4v) is 3.50. The first-order chi connectivity index (χ1) is 14.1. The van der Waals surface area contributed by atoms with Gasteiger partial charge in [-0.25, -0.2) is 4.39 Å². The van der Waals surface area contributed by atoms with E-state index in [-0.39, 0.29) is 18.2 Å². The van der Waals surface area contributed by atoms with E-state index in [4.69, 9.17) is 20.8 Å². The molecule has 0 fully saturated rings. The molecule has 2 aromatic carbocycles. The summed E-state index contributed by atoms with van der Waals surface area (Å²) in [7, 11) is 0. The number of furan rings is 1. The molecule has 29 heavy (non-hydrogen) atoms. The predicted octanol–water partition coefficient (Wildman–Crippen LogP) is 5.42. The largest absolute Gasteiger partial charge is 0.486 e. The first-order valence-electron chi connectivity index (χ1n) is 8.45. The van der Waals surface area contributed by atoms with Crippen molar-refractivity contribution in [1.29, 1.82) is 0 Å². The van der Waals surface area contributed by atoms with Gasteiger partial charge < -0.3 is 9.15 Å². The van der Waals surface area contributed by atoms with Crippen molar-refractivity contribution in [1.82, 2.24) is 10.2 Å². The zero-order valence-corrected chi connectivity index (χ0v) is 16.3. The second-order valence-electron chi connectivity index (χ2n) is 5.85. The number of carbonyl (C=O) groups is 1. The van der Waals surface area contributed by atoms with Gasteiger partial charge in [0.1, 0.15) is 23.9 Å². The van der Waals surface area contributed by atoms with Crippen LogP contribution < -0.4 is 10.1 Å². The van der Waals surface area contributed by atoms with Crippen molar-refractivity contribution in [3.8, 4) is 16.3 Å². The zero-order chi connectivity index (χ0) is 20.2. The van der Waals surface area contributed by atoms with Gasteiger partial charge in [0.05, 0.1) is 5.02 Å². The van der Waals surface area contributed by atoms with E-state index in [1.165, 1.54) is 41.7 Å². The molecule has 6 nitrogen and oxygen atoms in total. The highest BCUT2D eigenvalue weighted by atomic mass is 35.5. The van der Waals surface area contributed by atoms with E-state index in [1.54, 1.807) is 12.1 Å². The smallest absolute Gasteiger partial charge is 0.293 e. The number of carbonyl (C=O) groups excluding carboxylic acids is 1. The maximum Gasteiger partial charge on any atom is 0.293 e. The summed E-state index contributed by atoms with van der Waals surface area (Å²) in [6.45, 7) is 0.106. The number of benzene rings is 2. The highest BCUT2D eigenvalue weighted by molar-refractivity contribution is 7.18. The highest BCUT2D eigenvalue weighted by Crippen LogP contribution is 2.31. The summed E-state index contributed by atoms with van der Waals surface area (Å²) < 4.78 is 23.9. The van der Waals surface area contributed by atoms with E-state index in [9.17, 15) is 9.18 Å². The molecule has 0 saturated heterocycles. The van der Waals surface area contributed by atoms with Gasteiger partial charge >= 0.3 is 0 Å². The normalized spacial score (nSPS) is 10.7. The van der Waals surface area contributed by atoms with Crippen LogP contribution in [0.5, 0.6) is 5.75 Å². The monoisotopic (exact) mass is 429 g/mol. The molecule has 0 aliphatic heterocycles. The van der Waals surface area contributed by atoms with Gasteiger partial charge in [-0.1, -0.05) is 41.1 Å². The minimum absolute atomic E-state index is 0.106. The quantitative estimate of drug-likeness (QED) is 0.442. The molecule has 1 amide bonds. The summed E-state index contributed by atoms with van der Waals surface area (Å²) in [5.41, 5.74) is 0.741. The van der Waals surface area contributed by atoms with Gasteiger partial charge in [0.25, 0.3) is 5.91 Å². The molecular weight excluding hydrogens is 417 g/mol. The van der Waals surface area contributed by atoms with Crippen molar-refractivity contribution in [3.05, 3.63) is 83.0 Å². The molecule has 0 unspecified atom stereocenters. The van der Waals surface area contributed by atoms with Gasteiger partial charge in [0, 0.05) is 5.56 Å². The molecule has 0 bridgehead atoms. The Morgan fingerprint density at radius 2 is 1.90 bits per heavy atom. The van der Waals surface area contributed by atoms with E-state index in [0.717, 1.165) is 5.56 Å². The van der Waals surface area contributed by atoms with E-state index >= 15 is 0 Å². The van der Waals surface area contributed by atoms with Crippen LogP contribution in [-0.2, 0) is 6.61 Å². The number of hydrogen-bond acceptors (Lipinski definition) is 6. The molecule has 4 rings (SSSR count). The molecule has 1 N–H and O–H groups in total. The number of nitrogens with one attached hydrogen (secondary N) is 1. The van der Waals surface area contributed by atoms with Crippen LogP contribution >= 0.6 is 22.9 Å². The maximum absolute atomic E-state index is 12.9. The third-order valence-corrected chi connectivity index (χ3v) is 5.03. The number of aromatic nitrogens is 2. The first kappa shape index (κ1) is 19.1. The first-order valence-corrected chi connectivity index (χ1v) is 9.65. The van der Waals surface area contributed by atoms with E-state index < -0.39 is 5.91 Å². The summed E-state index contributed by atoms with van der Waals surface area (Å²) in [4.78, 5) is 12.4. The zero-order valence-electron chi connectivity index (χ0n) is 14.8. The molecule has 9 heteroatoms. The molecule has 2 heterocycles. The molecule has 0 radical (unpaired) electrons. The van der Waals surface area contributed by atoms with Crippen LogP contribution in [0.2, 0.25) is 5.02 Å². The number of rotatable bonds is 6. The second-order valence-corrected chi connectivity index (χ2v) is 7.24. The number of ether oxygens (including phenoxy) is 1. The molecule has 146 valence electrons. The molecule has 2 aromatic heterocycles. The summed E-state index contributed by atoms with van der Waals surface area (Å²) >= 11 is 7.36. The van der Waals surface area contributed by atoms with Gasteiger partial charge in [-0.15, -0.1) is 10.2 Å². The maximum atomic E-state index is 12.9. The minimum Gasteiger partial charge on any atom is -0.486 e. The van der Waals surface area contributed by atoms with Crippen LogP contribution in [-0.4, -0.2) is 16.1 Å². The summed E-state index contributed by atoms with van der Waals surface area (Å²) in [6.07, 6.45) is 0. The molecule has 0 spiro atoms. The number of anilines is 1. The van der Waals surface area contributed by atoms with E-state index in [0.29, 0.717) is 26.7 Å². The van der Waals surface area contributed by atoms with Crippen molar-refractivity contribution >= 4 is 34.0 Å². The minimum atomic E-state index is -0.458. The summed E-state index contributed by atoms with van der Waals surface area (Å²) in [5.74, 6) is 0.254. The van der Waals surface area contributed by atoms with Gasteiger partial charge in [-0.3, -0.25) is 10.1 Å². The Hall–Kier alpha value is -3.23. The van der Waals surface area contributed by atoms with Crippen LogP contribution in [0, 0.1) is 5.82 Å². The molecule has 0 aliphatic carbocycles. The number of amides is 1. The lowest BCUT2D eigenvalue weighted by Crippen LogP contribution is -2.10. The molecule has 0 saturated carbocycles. The average Bonchev–Trinajstić information content (AvgIpc) is 3.38. The van der Waals surface area contributed by atoms with E-state index in [2.05, 4.69) is 15.5 Å². The third-order valence-electron chi connectivity index (χ3n) is 3.83. The Morgan fingerprint density at radius 1 is 1.10 bits per heavy atom. The van der Waals surface area contributed by atoms with Gasteiger partial charge in [0.2, 0.25) is 5.13 Å².